The molecular weight excluding hydrogens is 247 g/mol. The summed E-state index contributed by atoms with van der Waals surface area (Å²) >= 11 is 5.93. The molecule has 0 unspecified atom stereocenters. The molecule has 0 aliphatic carbocycles. The van der Waals surface area contributed by atoms with Crippen molar-refractivity contribution in [1.29, 1.82) is 0 Å². The standard InChI is InChI=1S/C11H10ClFN2O2/c1-5-3-6(7-4-8(14)17-15-7)10(13)11(16-2)9(5)12/h3-4H,14H2,1-2H3. The van der Waals surface area contributed by atoms with Crippen molar-refractivity contribution in [2.75, 3.05) is 12.8 Å². The summed E-state index contributed by atoms with van der Waals surface area (Å²) in [7, 11) is 1.35. The maximum absolute atomic E-state index is 14.1. The Hall–Kier alpha value is -1.75. The van der Waals surface area contributed by atoms with Gasteiger partial charge in [-0.15, -0.1) is 0 Å². The van der Waals surface area contributed by atoms with Gasteiger partial charge in [-0.05, 0) is 18.6 Å². The molecule has 17 heavy (non-hydrogen) atoms. The van der Waals surface area contributed by atoms with E-state index in [4.69, 9.17) is 26.6 Å². The third-order valence-electron chi connectivity index (χ3n) is 2.35. The Morgan fingerprint density at radius 1 is 1.47 bits per heavy atom. The molecule has 0 fully saturated rings. The predicted molar refractivity (Wildman–Crippen MR) is 62.6 cm³/mol. The Morgan fingerprint density at radius 2 is 2.18 bits per heavy atom. The second kappa shape index (κ2) is 4.25. The van der Waals surface area contributed by atoms with E-state index in [0.29, 0.717) is 11.3 Å². The third kappa shape index (κ3) is 1.93. The van der Waals surface area contributed by atoms with Crippen molar-refractivity contribution in [1.82, 2.24) is 5.16 Å². The van der Waals surface area contributed by atoms with E-state index >= 15 is 0 Å². The number of benzene rings is 1. The monoisotopic (exact) mass is 256 g/mol. The Morgan fingerprint density at radius 3 is 2.71 bits per heavy atom. The highest BCUT2D eigenvalue weighted by Crippen LogP contribution is 2.37. The number of methoxy groups -OCH3 is 1. The van der Waals surface area contributed by atoms with Crippen LogP contribution in [0, 0.1) is 12.7 Å². The van der Waals surface area contributed by atoms with Crippen molar-refractivity contribution >= 4 is 17.5 Å². The molecule has 0 saturated heterocycles. The number of aromatic nitrogens is 1. The van der Waals surface area contributed by atoms with Crippen LogP contribution in [0.25, 0.3) is 11.3 Å². The van der Waals surface area contributed by atoms with Crippen molar-refractivity contribution in [3.63, 3.8) is 0 Å². The number of aryl methyl sites for hydroxylation is 1. The molecule has 0 aliphatic heterocycles. The van der Waals surface area contributed by atoms with Crippen LogP contribution in [0.5, 0.6) is 5.75 Å². The molecule has 4 nitrogen and oxygen atoms in total. The van der Waals surface area contributed by atoms with Gasteiger partial charge >= 0.3 is 0 Å². The molecule has 90 valence electrons. The lowest BCUT2D eigenvalue weighted by Gasteiger charge is -2.10. The summed E-state index contributed by atoms with van der Waals surface area (Å²) in [6, 6.07) is 3.00. The molecule has 0 amide bonds. The maximum Gasteiger partial charge on any atom is 0.222 e. The number of nitrogens with zero attached hydrogens (tertiary/aromatic N) is 1. The normalized spacial score (nSPS) is 10.6. The number of nitrogen functional groups attached to an aromatic ring is 1. The van der Waals surface area contributed by atoms with Gasteiger partial charge < -0.3 is 15.0 Å². The van der Waals surface area contributed by atoms with E-state index in [9.17, 15) is 4.39 Å². The summed E-state index contributed by atoms with van der Waals surface area (Å²) in [6.45, 7) is 1.75. The Bertz CT molecular complexity index is 569. The van der Waals surface area contributed by atoms with Crippen molar-refractivity contribution in [2.24, 2.45) is 0 Å². The molecule has 2 rings (SSSR count). The lowest BCUT2D eigenvalue weighted by atomic mass is 10.1. The zero-order valence-corrected chi connectivity index (χ0v) is 10.0. The van der Waals surface area contributed by atoms with Crippen LogP contribution < -0.4 is 10.5 Å². The van der Waals surface area contributed by atoms with Gasteiger partial charge in [0.05, 0.1) is 12.1 Å². The second-order valence-corrected chi connectivity index (χ2v) is 3.89. The minimum absolute atomic E-state index is 0.0109. The van der Waals surface area contributed by atoms with E-state index in [1.165, 1.54) is 13.2 Å². The smallest absolute Gasteiger partial charge is 0.222 e. The van der Waals surface area contributed by atoms with Crippen LogP contribution in [0.3, 0.4) is 0 Å². The Kier molecular flexibility index (Phi) is 2.93. The van der Waals surface area contributed by atoms with Crippen LogP contribution in [-0.4, -0.2) is 12.3 Å². The zero-order valence-electron chi connectivity index (χ0n) is 9.25. The van der Waals surface area contributed by atoms with E-state index in [0.717, 1.165) is 0 Å². The van der Waals surface area contributed by atoms with Crippen LogP contribution in [0.1, 0.15) is 5.56 Å². The molecular formula is C11H10ClFN2O2. The van der Waals surface area contributed by atoms with E-state index in [-0.39, 0.29) is 22.2 Å². The minimum atomic E-state index is -0.587. The number of halogens is 2. The molecule has 1 aromatic carbocycles. The molecule has 0 atom stereocenters. The fourth-order valence-electron chi connectivity index (χ4n) is 1.52. The highest BCUT2D eigenvalue weighted by molar-refractivity contribution is 6.33. The quantitative estimate of drug-likeness (QED) is 0.897. The number of nitrogens with two attached hydrogens (primary N) is 1. The van der Waals surface area contributed by atoms with Crippen LogP contribution in [0.15, 0.2) is 16.7 Å². The van der Waals surface area contributed by atoms with E-state index in [1.54, 1.807) is 13.0 Å². The molecule has 6 heteroatoms. The molecule has 1 aromatic heterocycles. The van der Waals surface area contributed by atoms with Crippen LogP contribution >= 0.6 is 11.6 Å². The van der Waals surface area contributed by atoms with Gasteiger partial charge in [-0.2, -0.15) is 0 Å². The minimum Gasteiger partial charge on any atom is -0.492 e. The maximum atomic E-state index is 14.1. The molecule has 2 N–H and O–H groups in total. The van der Waals surface area contributed by atoms with Gasteiger partial charge in [0, 0.05) is 11.6 Å². The third-order valence-corrected chi connectivity index (χ3v) is 2.82. The van der Waals surface area contributed by atoms with Gasteiger partial charge in [0.1, 0.15) is 5.69 Å². The SMILES string of the molecule is COc1c(F)c(-c2cc(N)on2)cc(C)c1Cl. The first-order valence-electron chi connectivity index (χ1n) is 4.79. The second-order valence-electron chi connectivity index (χ2n) is 3.52. The molecule has 0 radical (unpaired) electrons. The molecule has 0 aliphatic rings. The highest BCUT2D eigenvalue weighted by Gasteiger charge is 2.19. The van der Waals surface area contributed by atoms with Crippen molar-refractivity contribution in [3.05, 3.63) is 28.5 Å². The van der Waals surface area contributed by atoms with Gasteiger partial charge in [-0.3, -0.25) is 0 Å². The molecule has 0 saturated carbocycles. The first kappa shape index (κ1) is 11.7. The zero-order chi connectivity index (χ0) is 12.6. The summed E-state index contributed by atoms with van der Waals surface area (Å²) < 4.78 is 23.7. The topological polar surface area (TPSA) is 61.3 Å². The fraction of sp³-hybridized carbons (Fsp3) is 0.182. The summed E-state index contributed by atoms with van der Waals surface area (Å²) in [5.41, 5.74) is 6.62. The Labute approximate surface area is 102 Å². The van der Waals surface area contributed by atoms with Crippen LogP contribution in [0.2, 0.25) is 5.02 Å². The highest BCUT2D eigenvalue weighted by atomic mass is 35.5. The number of anilines is 1. The summed E-state index contributed by atoms with van der Waals surface area (Å²) in [4.78, 5) is 0. The van der Waals surface area contributed by atoms with E-state index in [2.05, 4.69) is 5.16 Å². The van der Waals surface area contributed by atoms with Gasteiger partial charge in [0.2, 0.25) is 5.88 Å². The fourth-order valence-corrected chi connectivity index (χ4v) is 1.74. The first-order chi connectivity index (χ1) is 8.04. The number of hydrogen-bond donors (Lipinski definition) is 1. The van der Waals surface area contributed by atoms with E-state index in [1.807, 2.05) is 0 Å². The number of ether oxygens (including phenoxy) is 1. The van der Waals surface area contributed by atoms with E-state index < -0.39 is 5.82 Å². The lowest BCUT2D eigenvalue weighted by Crippen LogP contribution is -1.95. The van der Waals surface area contributed by atoms with Crippen LogP contribution in [0.4, 0.5) is 10.3 Å². The molecule has 2 aromatic rings. The van der Waals surface area contributed by atoms with Gasteiger partial charge in [-0.25, -0.2) is 4.39 Å². The predicted octanol–water partition coefficient (Wildman–Crippen LogP) is 3.03. The number of rotatable bonds is 2. The largest absolute Gasteiger partial charge is 0.492 e. The first-order valence-corrected chi connectivity index (χ1v) is 5.17. The van der Waals surface area contributed by atoms with Crippen molar-refractivity contribution in [3.8, 4) is 17.0 Å². The van der Waals surface area contributed by atoms with Gasteiger partial charge in [0.25, 0.3) is 0 Å². The number of hydrogen-bond acceptors (Lipinski definition) is 4. The average molecular weight is 257 g/mol. The summed E-state index contributed by atoms with van der Waals surface area (Å²) in [5.74, 6) is -0.481. The van der Waals surface area contributed by atoms with Gasteiger partial charge in [-0.1, -0.05) is 16.8 Å². The average Bonchev–Trinajstić information content (AvgIpc) is 2.71. The lowest BCUT2D eigenvalue weighted by molar-refractivity contribution is 0.386. The van der Waals surface area contributed by atoms with Crippen LogP contribution in [-0.2, 0) is 0 Å². The van der Waals surface area contributed by atoms with Gasteiger partial charge in [0.15, 0.2) is 11.6 Å². The van der Waals surface area contributed by atoms with Crippen molar-refractivity contribution < 1.29 is 13.7 Å². The molecule has 0 spiro atoms. The molecule has 1 heterocycles. The van der Waals surface area contributed by atoms with Crippen molar-refractivity contribution in [2.45, 2.75) is 6.92 Å². The molecule has 0 bridgehead atoms. The summed E-state index contributed by atoms with van der Waals surface area (Å²) in [5, 5.41) is 3.90. The summed E-state index contributed by atoms with van der Waals surface area (Å²) in [6.07, 6.45) is 0. The Balaban J connectivity index is 2.67.